The molecule has 118 valence electrons. The lowest BCUT2D eigenvalue weighted by Gasteiger charge is -2.15. The lowest BCUT2D eigenvalue weighted by Crippen LogP contribution is -2.38. The Labute approximate surface area is 120 Å². The van der Waals surface area contributed by atoms with Crippen molar-refractivity contribution in [1.82, 2.24) is 5.32 Å². The van der Waals surface area contributed by atoms with Crippen LogP contribution in [0.3, 0.4) is 0 Å². The van der Waals surface area contributed by atoms with E-state index >= 15 is 0 Å². The van der Waals surface area contributed by atoms with Crippen molar-refractivity contribution in [2.24, 2.45) is 0 Å². The summed E-state index contributed by atoms with van der Waals surface area (Å²) in [4.78, 5) is 11.4. The molecule has 0 aliphatic heterocycles. The van der Waals surface area contributed by atoms with Gasteiger partial charge in [-0.25, -0.2) is 4.79 Å². The third-order valence-corrected chi connectivity index (χ3v) is 2.79. The predicted octanol–water partition coefficient (Wildman–Crippen LogP) is 2.93. The Kier molecular flexibility index (Phi) is 5.80. The zero-order valence-corrected chi connectivity index (χ0v) is 11.7. The molecule has 8 heteroatoms. The first-order valence-electron chi connectivity index (χ1n) is 6.49. The number of nitrogens with zero attached hydrogens (tertiary/aromatic N) is 1. The molecule has 0 saturated heterocycles. The molecule has 1 heterocycles. The molecule has 0 fully saturated rings. The van der Waals surface area contributed by atoms with Gasteiger partial charge >= 0.3 is 12.3 Å². The van der Waals surface area contributed by atoms with Crippen LogP contribution in [0.2, 0.25) is 0 Å². The van der Waals surface area contributed by atoms with Crippen LogP contribution in [-0.2, 0) is 10.9 Å². The Morgan fingerprint density at radius 2 is 2.14 bits per heavy atom. The van der Waals surface area contributed by atoms with Gasteiger partial charge in [-0.05, 0) is 19.4 Å². The van der Waals surface area contributed by atoms with E-state index < -0.39 is 24.0 Å². The standard InChI is InChI=1S/C13H17F3N2O3/c1-3-4-7-21-12(19)17-9(2)10-5-6-11(13(14,15)16)18(20)8-10/h5-6,8-9H,3-4,7H2,1-2H3,(H,17,19)/t9-/m1/s1. The molecule has 21 heavy (non-hydrogen) atoms. The number of hydrogen-bond donors (Lipinski definition) is 1. The van der Waals surface area contributed by atoms with Gasteiger partial charge in [-0.3, -0.25) is 0 Å². The van der Waals surface area contributed by atoms with Crippen molar-refractivity contribution < 1.29 is 27.4 Å². The molecule has 1 rings (SSSR count). The number of aromatic nitrogens is 1. The Balaban J connectivity index is 2.69. The maximum absolute atomic E-state index is 12.5. The molecule has 1 atom stereocenters. The molecule has 0 spiro atoms. The van der Waals surface area contributed by atoms with E-state index in [1.54, 1.807) is 6.92 Å². The van der Waals surface area contributed by atoms with E-state index in [2.05, 4.69) is 5.32 Å². The zero-order valence-electron chi connectivity index (χ0n) is 11.7. The fraction of sp³-hybridized carbons (Fsp3) is 0.538. The van der Waals surface area contributed by atoms with Crippen LogP contribution >= 0.6 is 0 Å². The lowest BCUT2D eigenvalue weighted by molar-refractivity contribution is -0.629. The largest absolute Gasteiger partial charge is 0.618 e. The van der Waals surface area contributed by atoms with E-state index in [0.717, 1.165) is 25.1 Å². The number of unbranched alkanes of at least 4 members (excludes halogenated alkanes) is 1. The number of alkyl halides is 3. The second-order valence-electron chi connectivity index (χ2n) is 4.53. The smallest absolute Gasteiger partial charge is 0.478 e. The molecule has 1 N–H and O–H groups in total. The van der Waals surface area contributed by atoms with Crippen LogP contribution in [0.4, 0.5) is 18.0 Å². The zero-order chi connectivity index (χ0) is 16.0. The number of carbonyl (C=O) groups excluding carboxylic acids is 1. The van der Waals surface area contributed by atoms with Gasteiger partial charge in [-0.15, -0.1) is 0 Å². The third kappa shape index (κ3) is 5.13. The third-order valence-electron chi connectivity index (χ3n) is 2.79. The van der Waals surface area contributed by atoms with Gasteiger partial charge in [0.25, 0.3) is 5.69 Å². The first kappa shape index (κ1) is 17.1. The number of amides is 1. The van der Waals surface area contributed by atoms with Crippen LogP contribution < -0.4 is 10.0 Å². The minimum Gasteiger partial charge on any atom is -0.618 e. The van der Waals surface area contributed by atoms with Gasteiger partial charge in [0.15, 0.2) is 6.20 Å². The molecular weight excluding hydrogens is 289 g/mol. The SMILES string of the molecule is CCCCOC(=O)N[C@H](C)c1ccc(C(F)(F)F)[n+]([O-])c1. The molecule has 1 amide bonds. The number of rotatable bonds is 5. The van der Waals surface area contributed by atoms with E-state index in [9.17, 15) is 23.2 Å². The van der Waals surface area contributed by atoms with Crippen LogP contribution in [0.15, 0.2) is 18.3 Å². The van der Waals surface area contributed by atoms with Crippen molar-refractivity contribution in [1.29, 1.82) is 0 Å². The molecule has 0 aliphatic rings. The molecule has 0 bridgehead atoms. The summed E-state index contributed by atoms with van der Waals surface area (Å²) >= 11 is 0. The number of pyridine rings is 1. The summed E-state index contributed by atoms with van der Waals surface area (Å²) in [5, 5.41) is 13.8. The molecule has 0 aliphatic carbocycles. The number of halogens is 3. The van der Waals surface area contributed by atoms with Gasteiger partial charge in [0, 0.05) is 11.6 Å². The second kappa shape index (κ2) is 7.14. The number of hydrogen-bond acceptors (Lipinski definition) is 3. The first-order chi connectivity index (χ1) is 9.75. The highest BCUT2D eigenvalue weighted by molar-refractivity contribution is 5.67. The van der Waals surface area contributed by atoms with Crippen molar-refractivity contribution in [3.63, 3.8) is 0 Å². The summed E-state index contributed by atoms with van der Waals surface area (Å²) in [6.45, 7) is 3.76. The predicted molar refractivity (Wildman–Crippen MR) is 68.2 cm³/mol. The number of carbonyl (C=O) groups is 1. The summed E-state index contributed by atoms with van der Waals surface area (Å²) in [7, 11) is 0. The van der Waals surface area contributed by atoms with Gasteiger partial charge in [0.05, 0.1) is 12.6 Å². The molecule has 0 saturated carbocycles. The van der Waals surface area contributed by atoms with Gasteiger partial charge in [0.1, 0.15) is 0 Å². The average molecular weight is 306 g/mol. The Morgan fingerprint density at radius 1 is 1.48 bits per heavy atom. The van der Waals surface area contributed by atoms with E-state index in [-0.39, 0.29) is 16.9 Å². The first-order valence-corrected chi connectivity index (χ1v) is 6.49. The number of ether oxygens (including phenoxy) is 1. The summed E-state index contributed by atoms with van der Waals surface area (Å²) in [5.41, 5.74) is -1.05. The normalized spacial score (nSPS) is 12.8. The average Bonchev–Trinajstić information content (AvgIpc) is 2.37. The van der Waals surface area contributed by atoms with Gasteiger partial charge in [-0.1, -0.05) is 13.3 Å². The van der Waals surface area contributed by atoms with Crippen LogP contribution in [0, 0.1) is 5.21 Å². The van der Waals surface area contributed by atoms with E-state index in [4.69, 9.17) is 4.74 Å². The van der Waals surface area contributed by atoms with Gasteiger partial charge in [0.2, 0.25) is 0 Å². The Hall–Kier alpha value is -1.99. The maximum atomic E-state index is 12.5. The van der Waals surface area contributed by atoms with Crippen molar-refractivity contribution in [3.8, 4) is 0 Å². The van der Waals surface area contributed by atoms with E-state index in [0.29, 0.717) is 6.07 Å². The van der Waals surface area contributed by atoms with Crippen molar-refractivity contribution in [2.45, 2.75) is 38.9 Å². The maximum Gasteiger partial charge on any atom is 0.478 e. The van der Waals surface area contributed by atoms with Crippen molar-refractivity contribution in [2.75, 3.05) is 6.61 Å². The number of nitrogens with one attached hydrogen (secondary N) is 1. The highest BCUT2D eigenvalue weighted by atomic mass is 19.4. The number of alkyl carbamates (subject to hydrolysis) is 1. The molecule has 0 unspecified atom stereocenters. The highest BCUT2D eigenvalue weighted by Gasteiger charge is 2.39. The molecule has 5 nitrogen and oxygen atoms in total. The Bertz CT molecular complexity index is 492. The van der Waals surface area contributed by atoms with Crippen LogP contribution in [-0.4, -0.2) is 12.7 Å². The molecule has 1 aromatic rings. The summed E-state index contributed by atoms with van der Waals surface area (Å²) in [5.74, 6) is 0. The molecule has 0 radical (unpaired) electrons. The fourth-order valence-electron chi connectivity index (χ4n) is 1.58. The van der Waals surface area contributed by atoms with Gasteiger partial charge < -0.3 is 15.3 Å². The Morgan fingerprint density at radius 3 is 2.67 bits per heavy atom. The minimum absolute atomic E-state index is 0.254. The van der Waals surface area contributed by atoms with Crippen LogP contribution in [0.1, 0.15) is 44.0 Å². The summed E-state index contributed by atoms with van der Waals surface area (Å²) in [6.07, 6.45) is -3.00. The van der Waals surface area contributed by atoms with Crippen molar-refractivity contribution in [3.05, 3.63) is 34.8 Å². The van der Waals surface area contributed by atoms with Crippen molar-refractivity contribution >= 4 is 6.09 Å². The summed E-state index contributed by atoms with van der Waals surface area (Å²) in [6, 6.07) is 1.19. The lowest BCUT2D eigenvalue weighted by atomic mass is 10.1. The minimum atomic E-state index is -4.71. The van der Waals surface area contributed by atoms with Crippen LogP contribution in [0.5, 0.6) is 0 Å². The molecular formula is C13H17F3N2O3. The highest BCUT2D eigenvalue weighted by Crippen LogP contribution is 2.26. The molecule has 1 aromatic heterocycles. The molecule has 0 aromatic carbocycles. The van der Waals surface area contributed by atoms with E-state index in [1.807, 2.05) is 6.92 Å². The topological polar surface area (TPSA) is 65.3 Å². The van der Waals surface area contributed by atoms with Crippen LogP contribution in [0.25, 0.3) is 0 Å². The van der Waals surface area contributed by atoms with E-state index in [1.165, 1.54) is 0 Å². The quantitative estimate of drug-likeness (QED) is 0.517. The summed E-state index contributed by atoms with van der Waals surface area (Å²) < 4.78 is 42.0. The monoisotopic (exact) mass is 306 g/mol. The second-order valence-corrected chi connectivity index (χ2v) is 4.53. The fourth-order valence-corrected chi connectivity index (χ4v) is 1.58. The van der Waals surface area contributed by atoms with Gasteiger partial charge in [-0.2, -0.15) is 17.9 Å².